The third kappa shape index (κ3) is 1.31. The molecule has 5 heteroatoms. The highest BCUT2D eigenvalue weighted by atomic mass is 16.5. The van der Waals surface area contributed by atoms with Crippen molar-refractivity contribution >= 4 is 11.9 Å². The van der Waals surface area contributed by atoms with Crippen LogP contribution in [0.4, 0.5) is 0 Å². The van der Waals surface area contributed by atoms with Crippen molar-refractivity contribution < 1.29 is 23.5 Å². The maximum absolute atomic E-state index is 11.6. The van der Waals surface area contributed by atoms with Crippen molar-refractivity contribution in [1.82, 2.24) is 0 Å². The number of rotatable bonds is 3. The first-order valence-corrected chi connectivity index (χ1v) is 4.87. The van der Waals surface area contributed by atoms with Crippen molar-refractivity contribution in [3.05, 3.63) is 24.2 Å². The minimum Gasteiger partial charge on any atom is -0.469 e. The molecule has 1 aliphatic carbocycles. The maximum Gasteiger partial charge on any atom is 0.324 e. The molecule has 1 aromatic heterocycles. The van der Waals surface area contributed by atoms with Gasteiger partial charge in [-0.1, -0.05) is 0 Å². The Morgan fingerprint density at radius 1 is 1.38 bits per heavy atom. The molecule has 1 fully saturated rings. The lowest BCUT2D eigenvalue weighted by molar-refractivity contribution is -0.161. The molecule has 1 saturated carbocycles. The average Bonchev–Trinajstić information content (AvgIpc) is 2.84. The van der Waals surface area contributed by atoms with Gasteiger partial charge in [0.25, 0.3) is 0 Å². The summed E-state index contributed by atoms with van der Waals surface area (Å²) in [6, 6.07) is 3.45. The molecule has 5 nitrogen and oxygen atoms in total. The van der Waals surface area contributed by atoms with E-state index in [0.717, 1.165) is 0 Å². The Morgan fingerprint density at radius 2 is 2.00 bits per heavy atom. The van der Waals surface area contributed by atoms with Gasteiger partial charge in [-0.25, -0.2) is 0 Å². The van der Waals surface area contributed by atoms with Crippen LogP contribution in [0.5, 0.6) is 0 Å². The number of hydrogen-bond donors (Lipinski definition) is 0. The summed E-state index contributed by atoms with van der Waals surface area (Å²) in [5.41, 5.74) is -1.21. The fourth-order valence-electron chi connectivity index (χ4n) is 1.99. The highest BCUT2D eigenvalue weighted by Gasteiger charge is 2.69. The van der Waals surface area contributed by atoms with Gasteiger partial charge in [-0.2, -0.15) is 0 Å². The molecule has 1 atom stereocenters. The van der Waals surface area contributed by atoms with Crippen molar-refractivity contribution in [2.24, 2.45) is 5.41 Å². The molecule has 86 valence electrons. The second kappa shape index (κ2) is 3.66. The van der Waals surface area contributed by atoms with Crippen LogP contribution in [0, 0.1) is 5.41 Å². The number of carbonyl (C=O) groups is 2. The fraction of sp³-hybridized carbons (Fsp3) is 0.455. The zero-order valence-corrected chi connectivity index (χ0v) is 9.06. The maximum atomic E-state index is 11.6. The van der Waals surface area contributed by atoms with E-state index >= 15 is 0 Å². The lowest BCUT2D eigenvalue weighted by Gasteiger charge is -2.11. The minimum atomic E-state index is -1.21. The molecular formula is C11H12O5. The van der Waals surface area contributed by atoms with E-state index in [1.54, 1.807) is 12.1 Å². The molecule has 0 spiro atoms. The lowest BCUT2D eigenvalue weighted by Crippen LogP contribution is -2.30. The quantitative estimate of drug-likeness (QED) is 0.568. The topological polar surface area (TPSA) is 65.7 Å². The van der Waals surface area contributed by atoms with Gasteiger partial charge in [-0.15, -0.1) is 0 Å². The summed E-state index contributed by atoms with van der Waals surface area (Å²) in [5.74, 6) is -0.806. The van der Waals surface area contributed by atoms with Crippen molar-refractivity contribution in [3.63, 3.8) is 0 Å². The number of ether oxygens (including phenoxy) is 2. The Balaban J connectivity index is 2.28. The molecule has 16 heavy (non-hydrogen) atoms. The summed E-state index contributed by atoms with van der Waals surface area (Å²) in [6.45, 7) is 0. The van der Waals surface area contributed by atoms with Gasteiger partial charge >= 0.3 is 11.9 Å². The van der Waals surface area contributed by atoms with E-state index in [-0.39, 0.29) is 5.92 Å². The number of furan rings is 1. The van der Waals surface area contributed by atoms with Crippen molar-refractivity contribution in [3.8, 4) is 0 Å². The molecule has 0 bridgehead atoms. The van der Waals surface area contributed by atoms with Crippen molar-refractivity contribution in [2.75, 3.05) is 14.2 Å². The van der Waals surface area contributed by atoms with Crippen LogP contribution in [0.2, 0.25) is 0 Å². The third-order valence-electron chi connectivity index (χ3n) is 2.95. The van der Waals surface area contributed by atoms with Gasteiger partial charge in [-0.3, -0.25) is 9.59 Å². The average molecular weight is 224 g/mol. The van der Waals surface area contributed by atoms with Crippen LogP contribution < -0.4 is 0 Å². The largest absolute Gasteiger partial charge is 0.469 e. The first-order valence-electron chi connectivity index (χ1n) is 4.87. The normalized spacial score (nSPS) is 21.2. The molecule has 1 aliphatic rings. The highest BCUT2D eigenvalue weighted by molar-refractivity contribution is 6.04. The van der Waals surface area contributed by atoms with Crippen molar-refractivity contribution in [1.29, 1.82) is 0 Å². The number of methoxy groups -OCH3 is 2. The van der Waals surface area contributed by atoms with Crippen LogP contribution in [0.1, 0.15) is 18.1 Å². The second-order valence-electron chi connectivity index (χ2n) is 3.73. The SMILES string of the molecule is COC(=O)C1(C(=O)OC)CC1c1ccco1. The predicted molar refractivity (Wildman–Crippen MR) is 52.5 cm³/mol. The number of hydrogen-bond acceptors (Lipinski definition) is 5. The Bertz CT molecular complexity index is 390. The summed E-state index contributed by atoms with van der Waals surface area (Å²) in [7, 11) is 2.51. The van der Waals surface area contributed by atoms with Gasteiger partial charge in [0.2, 0.25) is 0 Å². The van der Waals surface area contributed by atoms with Crippen LogP contribution in [-0.4, -0.2) is 26.2 Å². The van der Waals surface area contributed by atoms with E-state index in [2.05, 4.69) is 9.47 Å². The molecule has 1 heterocycles. The zero-order valence-electron chi connectivity index (χ0n) is 9.06. The number of esters is 2. The summed E-state index contributed by atoms with van der Waals surface area (Å²) < 4.78 is 14.5. The molecule has 0 radical (unpaired) electrons. The van der Waals surface area contributed by atoms with E-state index in [1.165, 1.54) is 20.5 Å². The molecule has 0 amide bonds. The molecule has 2 rings (SSSR count). The Hall–Kier alpha value is -1.78. The first-order chi connectivity index (χ1) is 7.66. The van der Waals surface area contributed by atoms with Crippen LogP contribution >= 0.6 is 0 Å². The number of carbonyl (C=O) groups excluding carboxylic acids is 2. The third-order valence-corrected chi connectivity index (χ3v) is 2.95. The molecule has 0 saturated heterocycles. The van der Waals surface area contributed by atoms with Crippen LogP contribution in [0.15, 0.2) is 22.8 Å². The Labute approximate surface area is 92.3 Å². The zero-order chi connectivity index (χ0) is 11.8. The van der Waals surface area contributed by atoms with Gasteiger partial charge < -0.3 is 13.9 Å². The molecule has 0 aromatic carbocycles. The lowest BCUT2D eigenvalue weighted by atomic mass is 10.0. The monoisotopic (exact) mass is 224 g/mol. The van der Waals surface area contributed by atoms with Gasteiger partial charge in [-0.05, 0) is 18.6 Å². The summed E-state index contributed by atoms with van der Waals surface area (Å²) in [4.78, 5) is 23.3. The van der Waals surface area contributed by atoms with E-state index in [0.29, 0.717) is 12.2 Å². The van der Waals surface area contributed by atoms with Crippen molar-refractivity contribution in [2.45, 2.75) is 12.3 Å². The molecular weight excluding hydrogens is 212 g/mol. The van der Waals surface area contributed by atoms with Gasteiger partial charge in [0, 0.05) is 5.92 Å². The Kier molecular flexibility index (Phi) is 2.46. The molecule has 0 N–H and O–H groups in total. The Morgan fingerprint density at radius 3 is 2.44 bits per heavy atom. The van der Waals surface area contributed by atoms with E-state index in [1.807, 2.05) is 0 Å². The molecule has 1 aromatic rings. The summed E-state index contributed by atoms with van der Waals surface area (Å²) >= 11 is 0. The van der Waals surface area contributed by atoms with Crippen LogP contribution in [0.3, 0.4) is 0 Å². The van der Waals surface area contributed by atoms with E-state index in [9.17, 15) is 9.59 Å². The highest BCUT2D eigenvalue weighted by Crippen LogP contribution is 2.60. The predicted octanol–water partition coefficient (Wildman–Crippen LogP) is 1.10. The van der Waals surface area contributed by atoms with Gasteiger partial charge in [0.1, 0.15) is 5.76 Å². The smallest absolute Gasteiger partial charge is 0.324 e. The molecule has 0 aliphatic heterocycles. The van der Waals surface area contributed by atoms with E-state index < -0.39 is 17.4 Å². The summed E-state index contributed by atoms with van der Waals surface area (Å²) in [6.07, 6.45) is 1.88. The van der Waals surface area contributed by atoms with Crippen LogP contribution in [0.25, 0.3) is 0 Å². The van der Waals surface area contributed by atoms with Crippen LogP contribution in [-0.2, 0) is 19.1 Å². The fourth-order valence-corrected chi connectivity index (χ4v) is 1.99. The standard InChI is InChI=1S/C11H12O5/c1-14-9(12)11(10(13)15-2)6-7(11)8-4-3-5-16-8/h3-5,7H,6H2,1-2H3. The first kappa shape index (κ1) is 10.7. The second-order valence-corrected chi connectivity index (χ2v) is 3.73. The summed E-state index contributed by atoms with van der Waals surface area (Å²) in [5, 5.41) is 0. The van der Waals surface area contributed by atoms with Gasteiger partial charge in [0.15, 0.2) is 5.41 Å². The molecule has 1 unspecified atom stereocenters. The van der Waals surface area contributed by atoms with Gasteiger partial charge in [0.05, 0.1) is 20.5 Å². The minimum absolute atomic E-state index is 0.276. The van der Waals surface area contributed by atoms with E-state index in [4.69, 9.17) is 4.42 Å².